The van der Waals surface area contributed by atoms with Gasteiger partial charge in [-0.25, -0.2) is 8.78 Å². The van der Waals surface area contributed by atoms with E-state index >= 15 is 9.18 Å². The molecular weight excluding hydrogens is 875 g/mol. The third-order valence-corrected chi connectivity index (χ3v) is 12.0. The summed E-state index contributed by atoms with van der Waals surface area (Å²) in [4.78, 5) is 32.0. The Bertz CT molecular complexity index is 2560. The van der Waals surface area contributed by atoms with Gasteiger partial charge in [0.05, 0.1) is 19.8 Å². The second kappa shape index (κ2) is 21.8. The molecule has 0 fully saturated rings. The maximum atomic E-state index is 16.0. The molecule has 0 saturated heterocycles. The first-order valence-corrected chi connectivity index (χ1v) is 21.7. The number of methoxy groups -OCH3 is 2. The van der Waals surface area contributed by atoms with Crippen LogP contribution in [0.15, 0.2) is 140 Å². The number of alkyl halides is 3. The number of nitrogens with zero attached hydrogens (tertiary/aromatic N) is 1. The normalized spacial score (nSPS) is 13.8. The predicted molar refractivity (Wildman–Crippen MR) is 246 cm³/mol. The smallest absolute Gasteiger partial charge is 0.416 e. The van der Waals surface area contributed by atoms with Crippen LogP contribution in [0.3, 0.4) is 0 Å². The fourth-order valence-corrected chi connectivity index (χ4v) is 8.27. The molecule has 0 aromatic heterocycles. The van der Waals surface area contributed by atoms with Gasteiger partial charge in [-0.3, -0.25) is 20.2 Å². The monoisotopic (exact) mass is 926 g/mol. The highest BCUT2D eigenvalue weighted by atomic mass is 35.5. The fourth-order valence-electron chi connectivity index (χ4n) is 8.14. The highest BCUT2D eigenvalue weighted by Gasteiger charge is 2.49. The minimum atomic E-state index is -4.53. The van der Waals surface area contributed by atoms with Crippen LogP contribution in [0.1, 0.15) is 75.5 Å². The first-order valence-electron chi connectivity index (χ1n) is 21.3. The number of amides is 2. The molecule has 0 heterocycles. The van der Waals surface area contributed by atoms with Crippen molar-refractivity contribution in [3.05, 3.63) is 201 Å². The minimum absolute atomic E-state index is 0.129. The van der Waals surface area contributed by atoms with Crippen LogP contribution in [0.4, 0.5) is 22.0 Å². The van der Waals surface area contributed by atoms with Crippen molar-refractivity contribution in [2.45, 2.75) is 62.6 Å². The van der Waals surface area contributed by atoms with Gasteiger partial charge >= 0.3 is 6.18 Å². The van der Waals surface area contributed by atoms with Crippen LogP contribution in [-0.2, 0) is 34.3 Å². The molecule has 6 aromatic carbocycles. The molecule has 66 heavy (non-hydrogen) atoms. The largest absolute Gasteiger partial charge is 0.493 e. The van der Waals surface area contributed by atoms with Crippen molar-refractivity contribution >= 4 is 23.4 Å². The van der Waals surface area contributed by atoms with Gasteiger partial charge in [-0.15, -0.1) is 0 Å². The lowest BCUT2D eigenvalue weighted by Gasteiger charge is -2.45. The lowest BCUT2D eigenvalue weighted by molar-refractivity contribution is -0.151. The number of nitrogens with one attached hydrogen (secondary N) is 3. The zero-order valence-electron chi connectivity index (χ0n) is 37.2. The van der Waals surface area contributed by atoms with Gasteiger partial charge in [0.1, 0.15) is 17.7 Å². The Morgan fingerprint density at radius 1 is 0.697 bits per heavy atom. The number of carbonyl (C=O) groups excluding carboxylic acids is 2. The molecule has 0 bridgehead atoms. The molecule has 6 rings (SSSR count). The van der Waals surface area contributed by atoms with E-state index in [1.54, 1.807) is 73.7 Å². The molecule has 2 amide bonds. The highest BCUT2D eigenvalue weighted by molar-refractivity contribution is 6.30. The first kappa shape index (κ1) is 49.2. The van der Waals surface area contributed by atoms with Crippen molar-refractivity contribution in [1.29, 1.82) is 0 Å². The zero-order chi connectivity index (χ0) is 47.6. The molecule has 6 aromatic rings. The van der Waals surface area contributed by atoms with Crippen molar-refractivity contribution in [1.82, 2.24) is 20.9 Å². The maximum Gasteiger partial charge on any atom is 0.416 e. The van der Waals surface area contributed by atoms with Gasteiger partial charge in [-0.1, -0.05) is 102 Å². The average Bonchev–Trinajstić information content (AvgIpc) is 3.32. The minimum Gasteiger partial charge on any atom is -0.493 e. The van der Waals surface area contributed by atoms with E-state index in [0.717, 1.165) is 23.3 Å². The summed E-state index contributed by atoms with van der Waals surface area (Å²) in [7, 11) is 6.00. The van der Waals surface area contributed by atoms with Crippen molar-refractivity contribution in [3.8, 4) is 11.5 Å². The summed E-state index contributed by atoms with van der Waals surface area (Å²) in [5, 5.41) is 10.4. The number of rotatable bonds is 19. The first-order chi connectivity index (χ1) is 31.6. The number of likely N-dealkylation sites (N-methyl/N-ethyl adjacent to an activating group) is 2. The van der Waals surface area contributed by atoms with E-state index in [4.69, 9.17) is 21.1 Å². The van der Waals surface area contributed by atoms with Gasteiger partial charge in [0.15, 0.2) is 11.5 Å². The molecule has 4 atom stereocenters. The van der Waals surface area contributed by atoms with E-state index in [1.165, 1.54) is 75.7 Å². The van der Waals surface area contributed by atoms with Crippen LogP contribution < -0.4 is 25.4 Å². The molecule has 0 spiro atoms. The molecule has 0 aliphatic carbocycles. The topological polar surface area (TPSA) is 91.9 Å². The lowest BCUT2D eigenvalue weighted by Crippen LogP contribution is -2.66. The summed E-state index contributed by atoms with van der Waals surface area (Å²) in [6.07, 6.45) is -3.29. The number of halogens is 6. The van der Waals surface area contributed by atoms with Gasteiger partial charge in [0.25, 0.3) is 5.91 Å². The standard InChI is InChI=1S/C52H52ClF5N4O4/c1-33-11-27-43(55)42(31-33)45(29-17-34-12-21-39(22-13-34)52(56,57)58)60-48(36-18-25-41(54)26-19-36)49(63)62(3)51(50(64)59-2,38-9-7-6-8-10-38)61-44(28-16-35-14-23-40(53)24-15-35)37-20-30-46(65-4)47(32-37)66-5/h6-15,18-27,30-32,44-45,48,60-61H,16-17,28-29H2,1-5H3,(H,59,64)/t44-,45+,48-,51+/m1/s1. The van der Waals surface area contributed by atoms with E-state index in [-0.39, 0.29) is 18.4 Å². The molecular formula is C52H52ClF5N4O4. The molecule has 0 unspecified atom stereocenters. The maximum absolute atomic E-state index is 16.0. The molecule has 346 valence electrons. The summed E-state index contributed by atoms with van der Waals surface area (Å²) in [5.74, 6) is -1.47. The summed E-state index contributed by atoms with van der Waals surface area (Å²) in [6.45, 7) is 1.79. The Hall–Kier alpha value is -6.28. The van der Waals surface area contributed by atoms with Crippen LogP contribution >= 0.6 is 11.6 Å². The van der Waals surface area contributed by atoms with Gasteiger partial charge < -0.3 is 19.7 Å². The number of aryl methyl sites for hydroxylation is 3. The van der Waals surface area contributed by atoms with Crippen molar-refractivity contribution in [2.24, 2.45) is 0 Å². The zero-order valence-corrected chi connectivity index (χ0v) is 37.9. The van der Waals surface area contributed by atoms with E-state index in [0.29, 0.717) is 51.6 Å². The molecule has 0 aliphatic rings. The van der Waals surface area contributed by atoms with E-state index in [2.05, 4.69) is 16.0 Å². The third-order valence-electron chi connectivity index (χ3n) is 11.8. The van der Waals surface area contributed by atoms with Crippen LogP contribution in [0.2, 0.25) is 5.02 Å². The average molecular weight is 927 g/mol. The summed E-state index contributed by atoms with van der Waals surface area (Å²) in [5.41, 5.74) is 1.11. The Balaban J connectivity index is 1.48. The van der Waals surface area contributed by atoms with Crippen molar-refractivity contribution in [3.63, 3.8) is 0 Å². The number of hydrogen-bond acceptors (Lipinski definition) is 6. The van der Waals surface area contributed by atoms with E-state index in [1.807, 2.05) is 18.2 Å². The fraction of sp³-hybridized carbons (Fsp3) is 0.269. The molecule has 14 heteroatoms. The van der Waals surface area contributed by atoms with Crippen LogP contribution in [0.5, 0.6) is 11.5 Å². The van der Waals surface area contributed by atoms with Gasteiger partial charge in [-0.05, 0) is 109 Å². The second-order valence-electron chi connectivity index (χ2n) is 16.0. The highest BCUT2D eigenvalue weighted by Crippen LogP contribution is 2.38. The quantitative estimate of drug-likeness (QED) is 0.0554. The third kappa shape index (κ3) is 11.6. The Morgan fingerprint density at radius 2 is 1.29 bits per heavy atom. The molecule has 3 N–H and O–H groups in total. The number of benzene rings is 6. The molecule has 8 nitrogen and oxygen atoms in total. The van der Waals surface area contributed by atoms with E-state index < -0.39 is 59.0 Å². The lowest BCUT2D eigenvalue weighted by atomic mass is 9.90. The summed E-state index contributed by atoms with van der Waals surface area (Å²) >= 11 is 6.23. The summed E-state index contributed by atoms with van der Waals surface area (Å²) < 4.78 is 82.2. The van der Waals surface area contributed by atoms with Gasteiger partial charge in [0, 0.05) is 42.3 Å². The van der Waals surface area contributed by atoms with Gasteiger partial charge in [0.2, 0.25) is 11.6 Å². The number of ether oxygens (including phenoxy) is 2. The number of carbonyl (C=O) groups is 2. The SMILES string of the molecule is CNC(=O)[C@](N[C@H](CCc1ccc(Cl)cc1)c1ccc(OC)c(OC)c1)(c1ccccc1)N(C)C(=O)[C@H](N[C@@H](CCc1ccc(C(F)(F)F)cc1)c1cc(C)ccc1F)c1ccc(F)cc1. The Morgan fingerprint density at radius 3 is 1.88 bits per heavy atom. The van der Waals surface area contributed by atoms with Crippen molar-refractivity contribution < 1.29 is 41.0 Å². The van der Waals surface area contributed by atoms with Crippen molar-refractivity contribution in [2.75, 3.05) is 28.3 Å². The second-order valence-corrected chi connectivity index (χ2v) is 16.4. The van der Waals surface area contributed by atoms with Crippen LogP contribution in [0, 0.1) is 18.6 Å². The Labute approximate surface area is 387 Å². The molecule has 0 radical (unpaired) electrons. The molecule has 0 aliphatic heterocycles. The van der Waals surface area contributed by atoms with Crippen LogP contribution in [-0.4, -0.2) is 45.0 Å². The molecule has 0 saturated carbocycles. The predicted octanol–water partition coefficient (Wildman–Crippen LogP) is 11.0. The van der Waals surface area contributed by atoms with E-state index in [9.17, 15) is 22.4 Å². The van der Waals surface area contributed by atoms with Gasteiger partial charge in [-0.2, -0.15) is 13.2 Å². The summed E-state index contributed by atoms with van der Waals surface area (Å²) in [6, 6.07) is 33.2. The number of hydrogen-bond donors (Lipinski definition) is 3. The van der Waals surface area contributed by atoms with Crippen LogP contribution in [0.25, 0.3) is 0 Å². The Kier molecular flexibility index (Phi) is 16.2.